The Balaban J connectivity index is 0. The van der Waals surface area contributed by atoms with Crippen LogP contribution < -0.4 is 5.73 Å². The zero-order valence-electron chi connectivity index (χ0n) is 30.6. The van der Waals surface area contributed by atoms with Crippen LogP contribution in [0.15, 0.2) is 0 Å². The van der Waals surface area contributed by atoms with Gasteiger partial charge in [-0.05, 0) is 123 Å². The van der Waals surface area contributed by atoms with Gasteiger partial charge in [-0.3, -0.25) is 0 Å². The van der Waals surface area contributed by atoms with Gasteiger partial charge in [-0.1, -0.05) is 116 Å². The van der Waals surface area contributed by atoms with Gasteiger partial charge >= 0.3 is 0 Å². The van der Waals surface area contributed by atoms with Gasteiger partial charge in [0.2, 0.25) is 0 Å². The predicted octanol–water partition coefficient (Wildman–Crippen LogP) is 11.9. The summed E-state index contributed by atoms with van der Waals surface area (Å²) < 4.78 is 0. The van der Waals surface area contributed by atoms with Crippen molar-refractivity contribution in [3.63, 3.8) is 0 Å². The van der Waals surface area contributed by atoms with Crippen LogP contribution in [0.1, 0.15) is 180 Å². The van der Waals surface area contributed by atoms with Gasteiger partial charge in [-0.25, -0.2) is 0 Å². The summed E-state index contributed by atoms with van der Waals surface area (Å²) in [6.45, 7) is 30.2. The Morgan fingerprint density at radius 2 is 1.35 bits per heavy atom. The van der Waals surface area contributed by atoms with Gasteiger partial charge < -0.3 is 10.8 Å². The van der Waals surface area contributed by atoms with Crippen molar-refractivity contribution in [3.05, 3.63) is 0 Å². The smallest absolute Gasteiger partial charge is 0.0319 e. The molecule has 2 nitrogen and oxygen atoms in total. The van der Waals surface area contributed by atoms with Gasteiger partial charge in [-0.2, -0.15) is 0 Å². The minimum Gasteiger partial charge on any atom is -0.400 e. The zero-order chi connectivity index (χ0) is 31.6. The molecule has 4 fully saturated rings. The first-order chi connectivity index (χ1) is 19.1. The van der Waals surface area contributed by atoms with Crippen LogP contribution >= 0.6 is 0 Å². The third kappa shape index (κ3) is 10.9. The highest BCUT2D eigenvalue weighted by Gasteiger charge is 2.59. The van der Waals surface area contributed by atoms with Crippen LogP contribution in [0.4, 0.5) is 0 Å². The Labute approximate surface area is 255 Å². The van der Waals surface area contributed by atoms with Crippen molar-refractivity contribution in [2.45, 2.75) is 180 Å². The van der Waals surface area contributed by atoms with Crippen LogP contribution in [0.5, 0.6) is 0 Å². The molecule has 4 rings (SSSR count). The molecule has 4 aliphatic rings. The molecule has 3 N–H and O–H groups in total. The maximum atomic E-state index is 7.00. The summed E-state index contributed by atoms with van der Waals surface area (Å²) >= 11 is 0. The normalized spacial score (nSPS) is 34.4. The van der Waals surface area contributed by atoms with E-state index in [1.54, 1.807) is 44.9 Å². The lowest BCUT2D eigenvalue weighted by molar-refractivity contribution is -0.113. The third-order valence-corrected chi connectivity index (χ3v) is 11.9. The summed E-state index contributed by atoms with van der Waals surface area (Å²) in [4.78, 5) is 0. The highest BCUT2D eigenvalue weighted by atomic mass is 16.2. The van der Waals surface area contributed by atoms with E-state index >= 15 is 0 Å². The van der Waals surface area contributed by atoms with E-state index in [1.807, 2.05) is 41.5 Å². The summed E-state index contributed by atoms with van der Waals surface area (Å²) in [5.41, 5.74) is 7.24. The summed E-state index contributed by atoms with van der Waals surface area (Å²) in [7, 11) is 1.00. The number of hydrogen-bond donors (Lipinski definition) is 2. The molecule has 0 spiro atoms. The number of aliphatic hydroxyl groups is 1. The van der Waals surface area contributed by atoms with Gasteiger partial charge in [0.25, 0.3) is 0 Å². The first kappa shape index (κ1) is 42.1. The molecule has 0 aromatic rings. The van der Waals surface area contributed by atoms with Gasteiger partial charge in [0.15, 0.2) is 0 Å². The highest BCUT2D eigenvalue weighted by molar-refractivity contribution is 5.09. The van der Waals surface area contributed by atoms with Gasteiger partial charge in [0.05, 0.1) is 0 Å². The molecule has 40 heavy (non-hydrogen) atoms. The van der Waals surface area contributed by atoms with Crippen LogP contribution in [-0.4, -0.2) is 18.8 Å². The first-order valence-electron chi connectivity index (χ1n) is 18.3. The maximum absolute atomic E-state index is 7.00. The van der Waals surface area contributed by atoms with E-state index in [0.717, 1.165) is 49.2 Å². The van der Waals surface area contributed by atoms with E-state index in [9.17, 15) is 0 Å². The minimum absolute atomic E-state index is 0.548. The van der Waals surface area contributed by atoms with Crippen molar-refractivity contribution in [2.75, 3.05) is 13.7 Å². The number of rotatable bonds is 6. The van der Waals surface area contributed by atoms with Crippen molar-refractivity contribution >= 4 is 0 Å². The molecule has 0 radical (unpaired) electrons. The quantitative estimate of drug-likeness (QED) is 0.335. The molecule has 8 unspecified atom stereocenters. The second-order valence-corrected chi connectivity index (χ2v) is 14.0. The lowest BCUT2D eigenvalue weighted by Crippen LogP contribution is -2.52. The minimum atomic E-state index is 0.548. The molecule has 4 saturated carbocycles. The van der Waals surface area contributed by atoms with Gasteiger partial charge in [-0.15, -0.1) is 0 Å². The number of aliphatic hydroxyl groups excluding tert-OH is 1. The van der Waals surface area contributed by atoms with E-state index in [0.29, 0.717) is 16.2 Å². The summed E-state index contributed by atoms with van der Waals surface area (Å²) in [6.07, 6.45) is 20.8. The Morgan fingerprint density at radius 3 is 1.85 bits per heavy atom. The molecule has 0 amide bonds. The Hall–Kier alpha value is -0.0800. The monoisotopic (exact) mass is 568 g/mol. The SMILES string of the molecule is CC.CC.CC.CCC(C)(C)CC1CCC2C3CCC4CCCCC4(C)C3CCC12C.CCC(C)CCN.CO. The average Bonchev–Trinajstić information content (AvgIpc) is 3.32. The zero-order valence-corrected chi connectivity index (χ0v) is 30.6. The van der Waals surface area contributed by atoms with Crippen molar-refractivity contribution < 1.29 is 5.11 Å². The van der Waals surface area contributed by atoms with E-state index in [2.05, 4.69) is 48.5 Å². The average molecular weight is 568 g/mol. The molecule has 0 saturated heterocycles. The fourth-order valence-corrected chi connectivity index (χ4v) is 9.04. The molecule has 0 bridgehead atoms. The molecule has 0 heterocycles. The number of nitrogens with two attached hydrogens (primary N) is 1. The van der Waals surface area contributed by atoms with Crippen LogP contribution in [0.3, 0.4) is 0 Å². The molecule has 4 aliphatic carbocycles. The maximum Gasteiger partial charge on any atom is 0.0319 e. The van der Waals surface area contributed by atoms with E-state index in [1.165, 1.54) is 44.9 Å². The van der Waals surface area contributed by atoms with E-state index in [-0.39, 0.29) is 0 Å². The third-order valence-electron chi connectivity index (χ3n) is 11.9. The van der Waals surface area contributed by atoms with Crippen LogP contribution in [-0.2, 0) is 0 Å². The van der Waals surface area contributed by atoms with Crippen molar-refractivity contribution in [2.24, 2.45) is 57.5 Å². The van der Waals surface area contributed by atoms with Crippen molar-refractivity contribution in [3.8, 4) is 0 Å². The Morgan fingerprint density at radius 1 is 0.775 bits per heavy atom. The lowest BCUT2D eigenvalue weighted by Gasteiger charge is -2.60. The van der Waals surface area contributed by atoms with Crippen LogP contribution in [0, 0.1) is 51.8 Å². The predicted molar refractivity (Wildman–Crippen MR) is 184 cm³/mol. The molecular weight excluding hydrogens is 486 g/mol. The molecule has 2 heteroatoms. The first-order valence-corrected chi connectivity index (χ1v) is 18.3. The Kier molecular flexibility index (Phi) is 22.7. The summed E-state index contributed by atoms with van der Waals surface area (Å²) in [5, 5.41) is 7.00. The second-order valence-electron chi connectivity index (χ2n) is 14.0. The molecule has 0 aromatic heterocycles. The molecular formula is C38H81NO. The molecule has 0 aromatic carbocycles. The largest absolute Gasteiger partial charge is 0.400 e. The summed E-state index contributed by atoms with van der Waals surface area (Å²) in [6, 6.07) is 0. The number of hydrogen-bond acceptors (Lipinski definition) is 2. The molecule has 8 atom stereocenters. The van der Waals surface area contributed by atoms with Gasteiger partial charge in [0, 0.05) is 7.11 Å². The molecule has 244 valence electrons. The lowest BCUT2D eigenvalue weighted by atomic mass is 9.44. The second kappa shape index (κ2) is 21.6. The highest BCUT2D eigenvalue weighted by Crippen LogP contribution is 2.68. The topological polar surface area (TPSA) is 46.2 Å². The summed E-state index contributed by atoms with van der Waals surface area (Å²) in [5.74, 6) is 6.11. The molecule has 0 aliphatic heterocycles. The Bertz CT molecular complexity index is 588. The fourth-order valence-electron chi connectivity index (χ4n) is 9.04. The fraction of sp³-hybridized carbons (Fsp3) is 1.00. The van der Waals surface area contributed by atoms with E-state index in [4.69, 9.17) is 10.8 Å². The van der Waals surface area contributed by atoms with Crippen molar-refractivity contribution in [1.82, 2.24) is 0 Å². The van der Waals surface area contributed by atoms with Crippen LogP contribution in [0.2, 0.25) is 0 Å². The standard InChI is InChI=1S/C25H44.C6H15N.3C2H6.CH4O/c1-6-23(2,3)17-19-11-13-21-20-12-10-18-9-7-8-15-24(18,4)22(20)14-16-25(19,21)5;1-3-6(2)4-5-7;4*1-2/h18-22H,6-17H2,1-5H3;6H,3-5,7H2,1-2H3;3*1-2H3;2H,1H3. The van der Waals surface area contributed by atoms with E-state index < -0.39 is 0 Å². The van der Waals surface area contributed by atoms with Gasteiger partial charge in [0.1, 0.15) is 0 Å². The van der Waals surface area contributed by atoms with Crippen LogP contribution in [0.25, 0.3) is 0 Å². The number of fused-ring (bicyclic) bond motifs is 5. The van der Waals surface area contributed by atoms with Crippen molar-refractivity contribution in [1.29, 1.82) is 0 Å².